The van der Waals surface area contributed by atoms with Gasteiger partial charge >= 0.3 is 0 Å². The highest BCUT2D eigenvalue weighted by molar-refractivity contribution is 5.48. The van der Waals surface area contributed by atoms with E-state index in [1.165, 1.54) is 24.1 Å². The molecule has 0 aromatic carbocycles. The van der Waals surface area contributed by atoms with Crippen molar-refractivity contribution in [3.63, 3.8) is 0 Å². The molecule has 0 saturated carbocycles. The zero-order chi connectivity index (χ0) is 10.8. The van der Waals surface area contributed by atoms with Crippen molar-refractivity contribution in [3.05, 3.63) is 11.3 Å². The van der Waals surface area contributed by atoms with Gasteiger partial charge in [0.05, 0.1) is 0 Å². The highest BCUT2D eigenvalue weighted by Crippen LogP contribution is 2.36. The number of hydrogen-bond donors (Lipinski definition) is 2. The lowest BCUT2D eigenvalue weighted by Gasteiger charge is -2.24. The molecule has 2 rings (SSSR count). The van der Waals surface area contributed by atoms with Crippen molar-refractivity contribution < 1.29 is 0 Å². The lowest BCUT2D eigenvalue weighted by Crippen LogP contribution is -2.15. The Bertz CT molecular complexity index is 330. The maximum atomic E-state index is 4.38. The van der Waals surface area contributed by atoms with Crippen molar-refractivity contribution in [1.29, 1.82) is 0 Å². The number of nitrogens with one attached hydrogen (secondary N) is 2. The second-order valence-corrected chi connectivity index (χ2v) is 4.84. The summed E-state index contributed by atoms with van der Waals surface area (Å²) in [5.74, 6) is 2.51. The Morgan fingerprint density at radius 3 is 3.00 bits per heavy atom. The summed E-state index contributed by atoms with van der Waals surface area (Å²) in [7, 11) is 0. The van der Waals surface area contributed by atoms with Gasteiger partial charge in [0, 0.05) is 17.8 Å². The predicted octanol–water partition coefficient (Wildman–Crippen LogP) is 2.92. The Hall–Kier alpha value is -0.990. The fourth-order valence-corrected chi connectivity index (χ4v) is 2.54. The van der Waals surface area contributed by atoms with E-state index in [0.29, 0.717) is 5.92 Å². The molecule has 1 heterocycles. The van der Waals surface area contributed by atoms with E-state index < -0.39 is 0 Å². The van der Waals surface area contributed by atoms with Crippen LogP contribution in [-0.2, 0) is 6.42 Å². The van der Waals surface area contributed by atoms with E-state index in [1.807, 2.05) is 0 Å². The molecule has 1 aliphatic rings. The molecule has 1 aromatic heterocycles. The molecule has 3 heteroatoms. The highest BCUT2D eigenvalue weighted by Gasteiger charge is 2.26. The third kappa shape index (κ3) is 2.01. The first-order chi connectivity index (χ1) is 7.22. The molecule has 0 radical (unpaired) electrons. The topological polar surface area (TPSA) is 40.7 Å². The van der Waals surface area contributed by atoms with Crippen molar-refractivity contribution in [2.24, 2.45) is 5.92 Å². The van der Waals surface area contributed by atoms with Gasteiger partial charge in [-0.25, -0.2) is 0 Å². The normalized spacial score (nSPS) is 25.0. The molecular weight excluding hydrogens is 186 g/mol. The van der Waals surface area contributed by atoms with Crippen molar-refractivity contribution in [2.45, 2.75) is 46.0 Å². The first-order valence-corrected chi connectivity index (χ1v) is 6.03. The Balaban J connectivity index is 2.21. The average Bonchev–Trinajstić information content (AvgIpc) is 2.58. The number of H-pyrrole nitrogens is 1. The van der Waals surface area contributed by atoms with Crippen LogP contribution in [0.25, 0.3) is 0 Å². The van der Waals surface area contributed by atoms with Gasteiger partial charge in [-0.2, -0.15) is 5.10 Å². The first-order valence-electron chi connectivity index (χ1n) is 6.03. The zero-order valence-corrected chi connectivity index (χ0v) is 9.93. The zero-order valence-electron chi connectivity index (χ0n) is 9.93. The van der Waals surface area contributed by atoms with Gasteiger partial charge in [-0.15, -0.1) is 0 Å². The molecular formula is C12H21N3. The van der Waals surface area contributed by atoms with Gasteiger partial charge in [0.1, 0.15) is 0 Å². The summed E-state index contributed by atoms with van der Waals surface area (Å²) < 4.78 is 0. The Morgan fingerprint density at radius 1 is 1.47 bits per heavy atom. The first kappa shape index (κ1) is 10.5. The van der Waals surface area contributed by atoms with Crippen molar-refractivity contribution in [1.82, 2.24) is 10.2 Å². The van der Waals surface area contributed by atoms with Gasteiger partial charge in [0.15, 0.2) is 5.82 Å². The number of anilines is 1. The van der Waals surface area contributed by atoms with Crippen LogP contribution in [0.3, 0.4) is 0 Å². The number of rotatable bonds is 3. The van der Waals surface area contributed by atoms with E-state index in [0.717, 1.165) is 24.7 Å². The van der Waals surface area contributed by atoms with E-state index >= 15 is 0 Å². The molecule has 0 spiro atoms. The van der Waals surface area contributed by atoms with E-state index in [2.05, 4.69) is 36.3 Å². The summed E-state index contributed by atoms with van der Waals surface area (Å²) in [6, 6.07) is 0. The Labute approximate surface area is 91.7 Å². The largest absolute Gasteiger partial charge is 0.368 e. The van der Waals surface area contributed by atoms with Crippen molar-refractivity contribution in [2.75, 3.05) is 11.9 Å². The number of nitrogens with zero attached hydrogens (tertiary/aromatic N) is 1. The van der Waals surface area contributed by atoms with Crippen molar-refractivity contribution >= 4 is 5.82 Å². The van der Waals surface area contributed by atoms with Crippen LogP contribution in [0.4, 0.5) is 5.82 Å². The molecule has 2 N–H and O–H groups in total. The summed E-state index contributed by atoms with van der Waals surface area (Å²) in [6.07, 6.45) is 3.59. The number of hydrogen-bond acceptors (Lipinski definition) is 2. The Kier molecular flexibility index (Phi) is 2.98. The molecule has 0 aliphatic heterocycles. The lowest BCUT2D eigenvalue weighted by molar-refractivity contribution is 0.445. The average molecular weight is 207 g/mol. The molecule has 15 heavy (non-hydrogen) atoms. The maximum absolute atomic E-state index is 4.38. The molecule has 0 saturated heterocycles. The predicted molar refractivity (Wildman–Crippen MR) is 63.3 cm³/mol. The van der Waals surface area contributed by atoms with Crippen LogP contribution in [0, 0.1) is 5.92 Å². The number of fused-ring (bicyclic) bond motifs is 1. The third-order valence-corrected chi connectivity index (χ3v) is 3.24. The smallest absolute Gasteiger partial charge is 0.151 e. The summed E-state index contributed by atoms with van der Waals surface area (Å²) in [6.45, 7) is 7.81. The minimum atomic E-state index is 0.633. The van der Waals surface area contributed by atoms with Crippen LogP contribution in [0.1, 0.15) is 50.8 Å². The van der Waals surface area contributed by atoms with Crippen LogP contribution in [0.15, 0.2) is 0 Å². The van der Waals surface area contributed by atoms with Gasteiger partial charge in [0.25, 0.3) is 0 Å². The van der Waals surface area contributed by atoms with Gasteiger partial charge in [-0.1, -0.05) is 20.8 Å². The third-order valence-electron chi connectivity index (χ3n) is 3.24. The van der Waals surface area contributed by atoms with Gasteiger partial charge in [-0.05, 0) is 31.1 Å². The SMILES string of the molecule is CCCNc1n[nH]c2c1CC(C)CC2C. The molecule has 1 aliphatic carbocycles. The second-order valence-electron chi connectivity index (χ2n) is 4.84. The van der Waals surface area contributed by atoms with Crippen molar-refractivity contribution in [3.8, 4) is 0 Å². The van der Waals surface area contributed by atoms with E-state index in [9.17, 15) is 0 Å². The molecule has 0 fully saturated rings. The van der Waals surface area contributed by atoms with Crippen LogP contribution in [0.5, 0.6) is 0 Å². The minimum Gasteiger partial charge on any atom is -0.368 e. The molecule has 2 unspecified atom stereocenters. The number of aromatic amines is 1. The molecule has 3 nitrogen and oxygen atoms in total. The molecule has 1 aromatic rings. The monoisotopic (exact) mass is 207 g/mol. The Morgan fingerprint density at radius 2 is 2.27 bits per heavy atom. The summed E-state index contributed by atoms with van der Waals surface area (Å²) >= 11 is 0. The fourth-order valence-electron chi connectivity index (χ4n) is 2.54. The molecule has 2 atom stereocenters. The lowest BCUT2D eigenvalue weighted by atomic mass is 9.82. The summed E-state index contributed by atoms with van der Waals surface area (Å²) in [4.78, 5) is 0. The van der Waals surface area contributed by atoms with Crippen LogP contribution in [0.2, 0.25) is 0 Å². The minimum absolute atomic E-state index is 0.633. The molecule has 84 valence electrons. The molecule has 0 bridgehead atoms. The van der Waals surface area contributed by atoms with Gasteiger partial charge < -0.3 is 5.32 Å². The van der Waals surface area contributed by atoms with Crippen LogP contribution in [-0.4, -0.2) is 16.7 Å². The summed E-state index contributed by atoms with van der Waals surface area (Å²) in [5.41, 5.74) is 2.78. The quantitative estimate of drug-likeness (QED) is 0.800. The van der Waals surface area contributed by atoms with E-state index in [1.54, 1.807) is 0 Å². The maximum Gasteiger partial charge on any atom is 0.151 e. The van der Waals surface area contributed by atoms with E-state index in [-0.39, 0.29) is 0 Å². The highest BCUT2D eigenvalue weighted by atomic mass is 15.2. The fraction of sp³-hybridized carbons (Fsp3) is 0.750. The summed E-state index contributed by atoms with van der Waals surface area (Å²) in [5, 5.41) is 11.0. The van der Waals surface area contributed by atoms with E-state index in [4.69, 9.17) is 0 Å². The standard InChI is InChI=1S/C12H21N3/c1-4-5-13-12-10-7-8(2)6-9(3)11(10)14-15-12/h8-9H,4-7H2,1-3H3,(H2,13,14,15). The van der Waals surface area contributed by atoms with Gasteiger partial charge in [0.2, 0.25) is 0 Å². The number of aromatic nitrogens is 2. The molecule has 0 amide bonds. The van der Waals surface area contributed by atoms with Crippen LogP contribution < -0.4 is 5.32 Å². The second kappa shape index (κ2) is 4.25. The van der Waals surface area contributed by atoms with Crippen LogP contribution >= 0.6 is 0 Å². The van der Waals surface area contributed by atoms with Gasteiger partial charge in [-0.3, -0.25) is 5.10 Å².